The first kappa shape index (κ1) is 11.1. The molecule has 0 saturated carbocycles. The zero-order valence-corrected chi connectivity index (χ0v) is 9.95. The van der Waals surface area contributed by atoms with Crippen molar-refractivity contribution in [3.63, 3.8) is 0 Å². The van der Waals surface area contributed by atoms with Crippen LogP contribution >= 0.6 is 23.8 Å². The van der Waals surface area contributed by atoms with E-state index < -0.39 is 0 Å². The van der Waals surface area contributed by atoms with Gasteiger partial charge in [0.15, 0.2) is 5.11 Å². The number of hydrogen-bond acceptors (Lipinski definition) is 4. The van der Waals surface area contributed by atoms with E-state index in [4.69, 9.17) is 12.2 Å². The van der Waals surface area contributed by atoms with Gasteiger partial charge in [-0.3, -0.25) is 5.43 Å². The molecule has 0 bridgehead atoms. The topological polar surface area (TPSA) is 40.5 Å². The summed E-state index contributed by atoms with van der Waals surface area (Å²) in [6, 6.07) is 1.97. The minimum Gasteiger partial charge on any atom is -0.354 e. The molecule has 14 heavy (non-hydrogen) atoms. The van der Waals surface area contributed by atoms with E-state index in [1.165, 1.54) is 11.5 Å². The predicted molar refractivity (Wildman–Crippen MR) is 63.9 cm³/mol. The van der Waals surface area contributed by atoms with Crippen LogP contribution in [-0.4, -0.2) is 34.7 Å². The summed E-state index contributed by atoms with van der Waals surface area (Å²) in [5, 5.41) is 4.57. The van der Waals surface area contributed by atoms with Crippen molar-refractivity contribution in [2.75, 3.05) is 14.1 Å². The second-order valence-electron chi connectivity index (χ2n) is 2.94. The fourth-order valence-corrected chi connectivity index (χ4v) is 1.37. The van der Waals surface area contributed by atoms with E-state index in [-0.39, 0.29) is 0 Å². The Bertz CT molecular complexity index is 343. The normalized spacial score (nSPS) is 10.5. The molecule has 0 radical (unpaired) electrons. The molecule has 0 unspecified atom stereocenters. The third kappa shape index (κ3) is 3.39. The minimum absolute atomic E-state index is 0.586. The maximum atomic E-state index is 4.99. The molecule has 0 aliphatic rings. The minimum atomic E-state index is 0.586. The summed E-state index contributed by atoms with van der Waals surface area (Å²) in [7, 11) is 3.73. The van der Waals surface area contributed by atoms with Crippen LogP contribution in [0.3, 0.4) is 0 Å². The van der Waals surface area contributed by atoms with Gasteiger partial charge in [-0.25, -0.2) is 0 Å². The maximum absolute atomic E-state index is 4.99. The average Bonchev–Trinajstić information content (AvgIpc) is 2.51. The van der Waals surface area contributed by atoms with Crippen LogP contribution in [0.1, 0.15) is 10.6 Å². The molecule has 1 aromatic heterocycles. The number of aromatic nitrogens is 1. The number of aryl methyl sites for hydroxylation is 1. The molecular weight excluding hydrogens is 216 g/mol. The SMILES string of the molecule is Cc1cc(/C=N/NC(=S)N(C)C)sn1. The van der Waals surface area contributed by atoms with Gasteiger partial charge in [0.1, 0.15) is 0 Å². The largest absolute Gasteiger partial charge is 0.354 e. The van der Waals surface area contributed by atoms with Gasteiger partial charge in [0.05, 0.1) is 16.8 Å². The van der Waals surface area contributed by atoms with Crippen molar-refractivity contribution < 1.29 is 0 Å². The van der Waals surface area contributed by atoms with E-state index in [0.29, 0.717) is 5.11 Å². The highest BCUT2D eigenvalue weighted by Crippen LogP contribution is 2.05. The number of hydrogen-bond donors (Lipinski definition) is 1. The van der Waals surface area contributed by atoms with Gasteiger partial charge in [-0.05, 0) is 36.7 Å². The summed E-state index contributed by atoms with van der Waals surface area (Å²) in [6.45, 7) is 1.95. The molecule has 1 N–H and O–H groups in total. The van der Waals surface area contributed by atoms with Crippen molar-refractivity contribution in [2.45, 2.75) is 6.92 Å². The lowest BCUT2D eigenvalue weighted by Gasteiger charge is -2.11. The van der Waals surface area contributed by atoms with Crippen LogP contribution in [0.15, 0.2) is 11.2 Å². The van der Waals surface area contributed by atoms with E-state index in [0.717, 1.165) is 10.6 Å². The Balaban J connectivity index is 2.45. The van der Waals surface area contributed by atoms with Gasteiger partial charge in [-0.1, -0.05) is 0 Å². The van der Waals surface area contributed by atoms with Crippen LogP contribution in [0.25, 0.3) is 0 Å². The van der Waals surface area contributed by atoms with Gasteiger partial charge in [-0.2, -0.15) is 9.47 Å². The van der Waals surface area contributed by atoms with Crippen molar-refractivity contribution in [2.24, 2.45) is 5.10 Å². The summed E-state index contributed by atoms with van der Waals surface area (Å²) in [5.41, 5.74) is 3.75. The van der Waals surface area contributed by atoms with Crippen LogP contribution in [0.4, 0.5) is 0 Å². The Hall–Kier alpha value is -1.01. The van der Waals surface area contributed by atoms with Gasteiger partial charge in [0.2, 0.25) is 0 Å². The van der Waals surface area contributed by atoms with Crippen molar-refractivity contribution in [3.8, 4) is 0 Å². The first-order valence-corrected chi connectivity index (χ1v) is 5.21. The lowest BCUT2D eigenvalue weighted by atomic mass is 10.4. The predicted octanol–water partition coefficient (Wildman–Crippen LogP) is 1.22. The molecular formula is C8H12N4S2. The molecule has 1 heterocycles. The number of hydrazone groups is 1. The zero-order chi connectivity index (χ0) is 10.6. The Kier molecular flexibility index (Phi) is 3.97. The van der Waals surface area contributed by atoms with E-state index in [2.05, 4.69) is 14.9 Å². The molecule has 0 aliphatic heterocycles. The fraction of sp³-hybridized carbons (Fsp3) is 0.375. The van der Waals surface area contributed by atoms with Crippen LogP contribution in [0, 0.1) is 6.92 Å². The lowest BCUT2D eigenvalue weighted by molar-refractivity contribution is 0.606. The van der Waals surface area contributed by atoms with Crippen LogP contribution < -0.4 is 5.43 Å². The van der Waals surface area contributed by atoms with Crippen LogP contribution in [-0.2, 0) is 0 Å². The Morgan fingerprint density at radius 2 is 2.43 bits per heavy atom. The molecule has 1 rings (SSSR count). The summed E-state index contributed by atoms with van der Waals surface area (Å²) in [6.07, 6.45) is 1.71. The number of nitrogens with one attached hydrogen (secondary N) is 1. The van der Waals surface area contributed by atoms with E-state index >= 15 is 0 Å². The summed E-state index contributed by atoms with van der Waals surface area (Å²) >= 11 is 6.40. The van der Waals surface area contributed by atoms with Crippen molar-refractivity contribution in [1.29, 1.82) is 0 Å². The molecule has 0 aliphatic carbocycles. The molecule has 0 aromatic carbocycles. The second kappa shape index (κ2) is 5.02. The maximum Gasteiger partial charge on any atom is 0.189 e. The molecule has 6 heteroatoms. The Labute approximate surface area is 92.8 Å². The molecule has 0 amide bonds. The Morgan fingerprint density at radius 3 is 2.93 bits per heavy atom. The highest BCUT2D eigenvalue weighted by Gasteiger charge is 1.95. The highest BCUT2D eigenvalue weighted by molar-refractivity contribution is 7.80. The number of thiocarbonyl (C=S) groups is 1. The van der Waals surface area contributed by atoms with Crippen molar-refractivity contribution in [1.82, 2.24) is 14.7 Å². The summed E-state index contributed by atoms with van der Waals surface area (Å²) in [5.74, 6) is 0. The van der Waals surface area contributed by atoms with Gasteiger partial charge in [-0.15, -0.1) is 0 Å². The van der Waals surface area contributed by atoms with Gasteiger partial charge < -0.3 is 4.90 Å². The van der Waals surface area contributed by atoms with E-state index in [9.17, 15) is 0 Å². The van der Waals surface area contributed by atoms with E-state index in [1.54, 1.807) is 11.1 Å². The molecule has 0 fully saturated rings. The van der Waals surface area contributed by atoms with Crippen LogP contribution in [0.5, 0.6) is 0 Å². The quantitative estimate of drug-likeness (QED) is 0.469. The molecule has 1 aromatic rings. The molecule has 0 spiro atoms. The van der Waals surface area contributed by atoms with E-state index in [1.807, 2.05) is 27.1 Å². The molecule has 0 saturated heterocycles. The number of rotatable bonds is 2. The van der Waals surface area contributed by atoms with Crippen LogP contribution in [0.2, 0.25) is 0 Å². The van der Waals surface area contributed by atoms with Crippen molar-refractivity contribution in [3.05, 3.63) is 16.6 Å². The van der Waals surface area contributed by atoms with Gasteiger partial charge in [0.25, 0.3) is 0 Å². The third-order valence-electron chi connectivity index (χ3n) is 1.40. The van der Waals surface area contributed by atoms with Crippen molar-refractivity contribution >= 4 is 35.1 Å². The second-order valence-corrected chi connectivity index (χ2v) is 4.16. The first-order chi connectivity index (χ1) is 6.59. The summed E-state index contributed by atoms with van der Waals surface area (Å²) < 4.78 is 4.13. The lowest BCUT2D eigenvalue weighted by Crippen LogP contribution is -2.30. The Morgan fingerprint density at radius 1 is 1.71 bits per heavy atom. The van der Waals surface area contributed by atoms with Gasteiger partial charge >= 0.3 is 0 Å². The molecule has 0 atom stereocenters. The molecule has 76 valence electrons. The van der Waals surface area contributed by atoms with Gasteiger partial charge in [0, 0.05) is 14.1 Å². The first-order valence-electron chi connectivity index (χ1n) is 4.03. The number of nitrogens with zero attached hydrogens (tertiary/aromatic N) is 3. The molecule has 4 nitrogen and oxygen atoms in total. The standard InChI is InChI=1S/C8H12N4S2/c1-6-4-7(14-11-6)5-9-10-8(13)12(2)3/h4-5H,1-3H3,(H,10,13)/b9-5+. The third-order valence-corrected chi connectivity index (χ3v) is 2.67. The smallest absolute Gasteiger partial charge is 0.189 e. The monoisotopic (exact) mass is 228 g/mol. The highest BCUT2D eigenvalue weighted by atomic mass is 32.1. The summed E-state index contributed by atoms with van der Waals surface area (Å²) in [4.78, 5) is 2.79. The fourth-order valence-electron chi connectivity index (χ4n) is 0.695. The average molecular weight is 228 g/mol. The zero-order valence-electron chi connectivity index (χ0n) is 8.31.